The number of hydrogen-bond acceptors (Lipinski definition) is 8. The molecule has 2 aromatic carbocycles. The van der Waals surface area contributed by atoms with Crippen molar-refractivity contribution < 1.29 is 14.9 Å². The maximum Gasteiger partial charge on any atom is 0.147 e. The molecule has 4 aromatic heterocycles. The Labute approximate surface area is 283 Å². The topological polar surface area (TPSA) is 131 Å². The summed E-state index contributed by atoms with van der Waals surface area (Å²) in [4.78, 5) is 17.4. The minimum absolute atomic E-state index is 0. The lowest BCUT2D eigenvalue weighted by Crippen LogP contribution is -2.20. The smallest absolute Gasteiger partial charge is 0.147 e. The predicted octanol–water partition coefficient (Wildman–Crippen LogP) is 6.45. The van der Waals surface area contributed by atoms with E-state index in [0.29, 0.717) is 13.2 Å². The molecular weight excluding hydrogens is 674 g/mol. The maximum atomic E-state index is 5.76. The lowest BCUT2D eigenvalue weighted by molar-refractivity contribution is 0.317. The number of ether oxygens (including phenoxy) is 2. The number of halogens is 4. The number of para-hydroxylation sites is 2. The van der Waals surface area contributed by atoms with Gasteiger partial charge in [0.15, 0.2) is 0 Å². The third kappa shape index (κ3) is 12.1. The van der Waals surface area contributed by atoms with Gasteiger partial charge in [-0.3, -0.25) is 0 Å². The standard InChI is InChI=1S/2C14H15N3OS.4ClH.H2O/c2*1-4-12-14(17-10-16-12)13(5-1)18-7-6-15-9-11-3-2-8-19-11;;;;;/h2*1-5,8,10,15H,6-7,9H2,(H,16,17);4*1H;1H2. The summed E-state index contributed by atoms with van der Waals surface area (Å²) >= 11 is 3.53. The van der Waals surface area contributed by atoms with Crippen LogP contribution in [0.4, 0.5) is 0 Å². The Bertz CT molecular complexity index is 1400. The predicted molar refractivity (Wildman–Crippen MR) is 188 cm³/mol. The summed E-state index contributed by atoms with van der Waals surface area (Å²) in [5.74, 6) is 1.66. The van der Waals surface area contributed by atoms with Gasteiger partial charge in [0.05, 0.1) is 23.7 Å². The summed E-state index contributed by atoms with van der Waals surface area (Å²) in [5.41, 5.74) is 3.79. The van der Waals surface area contributed by atoms with Gasteiger partial charge in [-0.1, -0.05) is 24.3 Å². The minimum Gasteiger partial charge on any atom is -0.490 e. The second kappa shape index (κ2) is 22.0. The summed E-state index contributed by atoms with van der Waals surface area (Å²) in [5, 5.41) is 10.9. The molecule has 0 bridgehead atoms. The molecule has 0 aliphatic carbocycles. The molecule has 236 valence electrons. The molecular formula is C28H36Cl4N6O3S2. The summed E-state index contributed by atoms with van der Waals surface area (Å²) in [6.07, 6.45) is 3.37. The third-order valence-corrected chi connectivity index (χ3v) is 7.41. The monoisotopic (exact) mass is 708 g/mol. The van der Waals surface area contributed by atoms with Crippen molar-refractivity contribution in [2.45, 2.75) is 13.1 Å². The number of thiophene rings is 2. The number of aromatic nitrogens is 4. The van der Waals surface area contributed by atoms with E-state index in [-0.39, 0.29) is 55.1 Å². The molecule has 6 aromatic rings. The van der Waals surface area contributed by atoms with Crippen LogP contribution in [0.15, 0.2) is 84.1 Å². The summed E-state index contributed by atoms with van der Waals surface area (Å²) < 4.78 is 11.5. The first-order chi connectivity index (χ1) is 18.9. The van der Waals surface area contributed by atoms with Gasteiger partial charge >= 0.3 is 0 Å². The molecule has 43 heavy (non-hydrogen) atoms. The Balaban J connectivity index is 0.000000735. The Morgan fingerprint density at radius 1 is 0.605 bits per heavy atom. The van der Waals surface area contributed by atoms with Crippen molar-refractivity contribution in [1.82, 2.24) is 30.6 Å². The van der Waals surface area contributed by atoms with Crippen molar-refractivity contribution in [2.75, 3.05) is 26.3 Å². The van der Waals surface area contributed by atoms with E-state index in [1.165, 1.54) is 9.75 Å². The lowest BCUT2D eigenvalue weighted by atomic mass is 10.3. The van der Waals surface area contributed by atoms with E-state index in [0.717, 1.165) is 59.7 Å². The molecule has 0 atom stereocenters. The number of benzene rings is 2. The van der Waals surface area contributed by atoms with Gasteiger partial charge in [-0.25, -0.2) is 9.97 Å². The number of hydrogen-bond donors (Lipinski definition) is 4. The van der Waals surface area contributed by atoms with Crippen molar-refractivity contribution >= 4 is 94.4 Å². The highest BCUT2D eigenvalue weighted by molar-refractivity contribution is 7.10. The number of H-pyrrole nitrogens is 2. The van der Waals surface area contributed by atoms with E-state index >= 15 is 0 Å². The van der Waals surface area contributed by atoms with Gasteiger partial charge in [-0.2, -0.15) is 0 Å². The highest BCUT2D eigenvalue weighted by Gasteiger charge is 2.04. The molecule has 0 spiro atoms. The summed E-state index contributed by atoms with van der Waals surface area (Å²) in [6.45, 7) is 4.70. The molecule has 15 heteroatoms. The van der Waals surface area contributed by atoms with Crippen LogP contribution in [0.3, 0.4) is 0 Å². The molecule has 0 unspecified atom stereocenters. The fourth-order valence-corrected chi connectivity index (χ4v) is 5.17. The largest absolute Gasteiger partial charge is 0.490 e. The molecule has 0 saturated carbocycles. The number of fused-ring (bicyclic) bond motifs is 2. The highest BCUT2D eigenvalue weighted by Crippen LogP contribution is 2.22. The average molecular weight is 711 g/mol. The molecule has 0 aliphatic rings. The van der Waals surface area contributed by atoms with E-state index < -0.39 is 0 Å². The van der Waals surface area contributed by atoms with Gasteiger partial charge < -0.3 is 35.6 Å². The van der Waals surface area contributed by atoms with E-state index in [4.69, 9.17) is 9.47 Å². The Morgan fingerprint density at radius 3 is 1.44 bits per heavy atom. The molecule has 4 heterocycles. The van der Waals surface area contributed by atoms with E-state index in [1.54, 1.807) is 35.3 Å². The number of rotatable bonds is 12. The Kier molecular flexibility index (Phi) is 20.7. The quantitative estimate of drug-likeness (QED) is 0.108. The zero-order valence-corrected chi connectivity index (χ0v) is 27.9. The van der Waals surface area contributed by atoms with E-state index in [1.807, 2.05) is 36.4 Å². The third-order valence-electron chi connectivity index (χ3n) is 5.66. The van der Waals surface area contributed by atoms with Crippen LogP contribution in [0.1, 0.15) is 9.75 Å². The fraction of sp³-hybridized carbons (Fsp3) is 0.214. The average Bonchev–Trinajstić information content (AvgIpc) is 3.76. The zero-order chi connectivity index (χ0) is 25.8. The molecule has 0 amide bonds. The first-order valence-corrected chi connectivity index (χ1v) is 14.2. The van der Waals surface area contributed by atoms with Gasteiger partial charge in [0, 0.05) is 35.9 Å². The Morgan fingerprint density at radius 2 is 1.05 bits per heavy atom. The minimum atomic E-state index is 0. The normalized spacial score (nSPS) is 9.67. The highest BCUT2D eigenvalue weighted by atomic mass is 35.5. The summed E-state index contributed by atoms with van der Waals surface area (Å²) in [6, 6.07) is 20.2. The zero-order valence-electron chi connectivity index (χ0n) is 23.0. The van der Waals surface area contributed by atoms with Crippen molar-refractivity contribution in [3.8, 4) is 11.5 Å². The molecule has 0 radical (unpaired) electrons. The van der Waals surface area contributed by atoms with Gasteiger partial charge in [0.1, 0.15) is 35.7 Å². The van der Waals surface area contributed by atoms with Crippen molar-refractivity contribution in [3.63, 3.8) is 0 Å². The van der Waals surface area contributed by atoms with E-state index in [2.05, 4.69) is 65.6 Å². The number of imidazole rings is 2. The number of aromatic amines is 2. The second-order valence-electron chi connectivity index (χ2n) is 8.32. The van der Waals surface area contributed by atoms with Crippen LogP contribution in [0.5, 0.6) is 11.5 Å². The number of nitrogens with one attached hydrogen (secondary N) is 4. The number of nitrogens with zero attached hydrogens (tertiary/aromatic N) is 2. The molecule has 0 fully saturated rings. The van der Waals surface area contributed by atoms with Crippen molar-refractivity contribution in [3.05, 3.63) is 93.8 Å². The first kappa shape index (κ1) is 40.4. The second-order valence-corrected chi connectivity index (χ2v) is 10.4. The van der Waals surface area contributed by atoms with Crippen LogP contribution < -0.4 is 20.1 Å². The Hall–Kier alpha value is -2.58. The van der Waals surface area contributed by atoms with Crippen molar-refractivity contribution in [1.29, 1.82) is 0 Å². The van der Waals surface area contributed by atoms with E-state index in [9.17, 15) is 0 Å². The molecule has 0 aliphatic heterocycles. The first-order valence-electron chi connectivity index (χ1n) is 12.4. The van der Waals surface area contributed by atoms with Gasteiger partial charge in [-0.15, -0.1) is 72.3 Å². The van der Waals surface area contributed by atoms with Gasteiger partial charge in [0.25, 0.3) is 0 Å². The molecule has 9 nitrogen and oxygen atoms in total. The lowest BCUT2D eigenvalue weighted by Gasteiger charge is -2.07. The van der Waals surface area contributed by atoms with Crippen LogP contribution in [0, 0.1) is 0 Å². The maximum absolute atomic E-state index is 5.76. The van der Waals surface area contributed by atoms with Crippen LogP contribution in [0.25, 0.3) is 22.1 Å². The fourth-order valence-electron chi connectivity index (χ4n) is 3.83. The molecule has 0 saturated heterocycles. The molecule has 6 rings (SSSR count). The van der Waals surface area contributed by atoms with Gasteiger partial charge in [0.2, 0.25) is 0 Å². The van der Waals surface area contributed by atoms with Gasteiger partial charge in [-0.05, 0) is 47.2 Å². The van der Waals surface area contributed by atoms with Crippen LogP contribution in [0.2, 0.25) is 0 Å². The van der Waals surface area contributed by atoms with Crippen molar-refractivity contribution in [2.24, 2.45) is 0 Å². The molecule has 6 N–H and O–H groups in total. The van der Waals surface area contributed by atoms with Crippen LogP contribution in [-0.4, -0.2) is 51.7 Å². The van der Waals surface area contributed by atoms with Crippen LogP contribution >= 0.6 is 72.3 Å². The summed E-state index contributed by atoms with van der Waals surface area (Å²) in [7, 11) is 0. The van der Waals surface area contributed by atoms with Crippen LogP contribution in [-0.2, 0) is 13.1 Å². The SMILES string of the molecule is Cl.Cl.Cl.Cl.O.c1csc(CNCCOc2cccc3[nH]cnc23)c1.c1csc(CNCCOc2cccc3[nH]cnc23)c1.